The van der Waals surface area contributed by atoms with E-state index in [1.807, 2.05) is 13.8 Å². The molecule has 4 nitrogen and oxygen atoms in total. The van der Waals surface area contributed by atoms with Crippen molar-refractivity contribution in [3.8, 4) is 0 Å². The number of nitrogen functional groups attached to an aromatic ring is 1. The van der Waals surface area contributed by atoms with Crippen LogP contribution in [0.25, 0.3) is 0 Å². The summed E-state index contributed by atoms with van der Waals surface area (Å²) in [5.41, 5.74) is 6.51. The molecule has 1 fully saturated rings. The van der Waals surface area contributed by atoms with Gasteiger partial charge in [0.05, 0.1) is 6.10 Å². The molecule has 2 unspecified atom stereocenters. The Kier molecular flexibility index (Phi) is 2.83. The quantitative estimate of drug-likeness (QED) is 0.672. The average molecular weight is 234 g/mol. The normalized spacial score (nSPS) is 26.1. The van der Waals surface area contributed by atoms with E-state index in [2.05, 4.69) is 5.32 Å². The van der Waals surface area contributed by atoms with Gasteiger partial charge in [-0.05, 0) is 24.6 Å². The largest absolute Gasteiger partial charge is 0.399 e. The molecule has 2 rings (SSSR count). The fraction of sp³-hybridized carbons (Fsp3) is 0.462. The van der Waals surface area contributed by atoms with E-state index in [1.165, 1.54) is 0 Å². The number of anilines is 1. The third-order valence-electron chi connectivity index (χ3n) is 3.67. The van der Waals surface area contributed by atoms with Gasteiger partial charge in [-0.3, -0.25) is 4.79 Å². The van der Waals surface area contributed by atoms with Crippen LogP contribution in [0.1, 0.15) is 30.6 Å². The molecule has 4 N–H and O–H groups in total. The molecule has 1 aromatic rings. The Balaban J connectivity index is 2.04. The van der Waals surface area contributed by atoms with Gasteiger partial charge in [-0.25, -0.2) is 0 Å². The maximum Gasteiger partial charge on any atom is 0.251 e. The van der Waals surface area contributed by atoms with E-state index in [0.29, 0.717) is 17.7 Å². The number of hydrogen-bond acceptors (Lipinski definition) is 3. The van der Waals surface area contributed by atoms with Crippen LogP contribution in [0, 0.1) is 5.41 Å². The van der Waals surface area contributed by atoms with Crippen molar-refractivity contribution in [1.82, 2.24) is 5.32 Å². The molecule has 2 atom stereocenters. The second-order valence-corrected chi connectivity index (χ2v) is 5.22. The van der Waals surface area contributed by atoms with Crippen LogP contribution >= 0.6 is 0 Å². The molecule has 0 saturated heterocycles. The predicted molar refractivity (Wildman–Crippen MR) is 66.5 cm³/mol. The van der Waals surface area contributed by atoms with Crippen molar-refractivity contribution in [3.63, 3.8) is 0 Å². The Morgan fingerprint density at radius 2 is 2.24 bits per heavy atom. The highest BCUT2D eigenvalue weighted by atomic mass is 16.3. The van der Waals surface area contributed by atoms with Gasteiger partial charge in [0.1, 0.15) is 0 Å². The number of aliphatic hydroxyl groups is 1. The van der Waals surface area contributed by atoms with Gasteiger partial charge in [0, 0.05) is 22.7 Å². The summed E-state index contributed by atoms with van der Waals surface area (Å²) < 4.78 is 0. The smallest absolute Gasteiger partial charge is 0.251 e. The van der Waals surface area contributed by atoms with Crippen LogP contribution in [-0.4, -0.2) is 23.2 Å². The van der Waals surface area contributed by atoms with Gasteiger partial charge in [-0.2, -0.15) is 0 Å². The van der Waals surface area contributed by atoms with Crippen LogP contribution in [0.15, 0.2) is 24.3 Å². The minimum atomic E-state index is -0.339. The van der Waals surface area contributed by atoms with Crippen molar-refractivity contribution < 1.29 is 9.90 Å². The number of nitrogens with one attached hydrogen (secondary N) is 1. The van der Waals surface area contributed by atoms with Crippen molar-refractivity contribution >= 4 is 11.6 Å². The molecule has 0 bridgehead atoms. The summed E-state index contributed by atoms with van der Waals surface area (Å²) in [5, 5.41) is 12.5. The lowest BCUT2D eigenvalue weighted by Crippen LogP contribution is -2.61. The predicted octanol–water partition coefficient (Wildman–Crippen LogP) is 1.16. The molecule has 1 aromatic carbocycles. The summed E-state index contributed by atoms with van der Waals surface area (Å²) in [6, 6.07) is 6.90. The molecule has 1 aliphatic rings. The van der Waals surface area contributed by atoms with Crippen LogP contribution < -0.4 is 11.1 Å². The molecule has 1 amide bonds. The Morgan fingerprint density at radius 3 is 2.76 bits per heavy atom. The van der Waals surface area contributed by atoms with Crippen molar-refractivity contribution in [3.05, 3.63) is 29.8 Å². The number of aliphatic hydroxyl groups excluding tert-OH is 1. The van der Waals surface area contributed by atoms with Crippen LogP contribution in [0.3, 0.4) is 0 Å². The monoisotopic (exact) mass is 234 g/mol. The summed E-state index contributed by atoms with van der Waals surface area (Å²) in [6.07, 6.45) is 0.273. The minimum Gasteiger partial charge on any atom is -0.399 e. The molecule has 92 valence electrons. The maximum absolute atomic E-state index is 11.9. The van der Waals surface area contributed by atoms with E-state index >= 15 is 0 Å². The molecule has 0 spiro atoms. The van der Waals surface area contributed by atoms with Crippen molar-refractivity contribution in [2.75, 3.05) is 5.73 Å². The van der Waals surface area contributed by atoms with Gasteiger partial charge in [0.2, 0.25) is 0 Å². The van der Waals surface area contributed by atoms with E-state index in [4.69, 9.17) is 5.73 Å². The van der Waals surface area contributed by atoms with Crippen molar-refractivity contribution in [1.29, 1.82) is 0 Å². The van der Waals surface area contributed by atoms with Gasteiger partial charge in [0.15, 0.2) is 0 Å². The van der Waals surface area contributed by atoms with E-state index in [-0.39, 0.29) is 23.5 Å². The van der Waals surface area contributed by atoms with Gasteiger partial charge >= 0.3 is 0 Å². The molecule has 1 aliphatic carbocycles. The number of nitrogens with two attached hydrogens (primary N) is 1. The summed E-state index contributed by atoms with van der Waals surface area (Å²) >= 11 is 0. The molecule has 4 heteroatoms. The van der Waals surface area contributed by atoms with Crippen LogP contribution in [0.4, 0.5) is 5.69 Å². The number of amides is 1. The highest BCUT2D eigenvalue weighted by Gasteiger charge is 2.47. The average Bonchev–Trinajstić information content (AvgIpc) is 2.28. The van der Waals surface area contributed by atoms with Gasteiger partial charge in [-0.15, -0.1) is 0 Å². The molecule has 0 aromatic heterocycles. The number of carbonyl (C=O) groups is 1. The second kappa shape index (κ2) is 4.04. The lowest BCUT2D eigenvalue weighted by Gasteiger charge is -2.49. The molecule has 0 aliphatic heterocycles. The number of hydrogen-bond donors (Lipinski definition) is 3. The fourth-order valence-corrected chi connectivity index (χ4v) is 2.07. The second-order valence-electron chi connectivity index (χ2n) is 5.22. The molecular weight excluding hydrogens is 216 g/mol. The number of rotatable bonds is 2. The van der Waals surface area contributed by atoms with E-state index in [9.17, 15) is 9.90 Å². The van der Waals surface area contributed by atoms with Crippen LogP contribution in [0.5, 0.6) is 0 Å². The van der Waals surface area contributed by atoms with E-state index < -0.39 is 0 Å². The first-order valence-electron chi connectivity index (χ1n) is 5.75. The minimum absolute atomic E-state index is 0.0198. The van der Waals surface area contributed by atoms with E-state index in [1.54, 1.807) is 24.3 Å². The van der Waals surface area contributed by atoms with Gasteiger partial charge in [0.25, 0.3) is 5.91 Å². The van der Waals surface area contributed by atoms with Crippen LogP contribution in [-0.2, 0) is 0 Å². The maximum atomic E-state index is 11.9. The Labute approximate surface area is 101 Å². The Bertz CT molecular complexity index is 443. The van der Waals surface area contributed by atoms with Crippen LogP contribution in [0.2, 0.25) is 0 Å². The zero-order valence-electron chi connectivity index (χ0n) is 10.1. The SMILES string of the molecule is CC1(C)C(O)CC1NC(=O)c1cccc(N)c1. The Morgan fingerprint density at radius 1 is 1.53 bits per heavy atom. The highest BCUT2D eigenvalue weighted by molar-refractivity contribution is 5.95. The first-order chi connectivity index (χ1) is 7.91. The molecular formula is C13H18N2O2. The third-order valence-corrected chi connectivity index (χ3v) is 3.67. The summed E-state index contributed by atoms with van der Waals surface area (Å²) in [4.78, 5) is 11.9. The number of benzene rings is 1. The standard InChI is InChI=1S/C13H18N2O2/c1-13(2)10(7-11(13)16)15-12(17)8-4-3-5-9(14)6-8/h3-6,10-11,16H,7,14H2,1-2H3,(H,15,17). The lowest BCUT2D eigenvalue weighted by molar-refractivity contribution is -0.0689. The first-order valence-corrected chi connectivity index (χ1v) is 5.75. The van der Waals surface area contributed by atoms with Gasteiger partial charge < -0.3 is 16.2 Å². The van der Waals surface area contributed by atoms with Gasteiger partial charge in [-0.1, -0.05) is 19.9 Å². The van der Waals surface area contributed by atoms with E-state index in [0.717, 1.165) is 0 Å². The lowest BCUT2D eigenvalue weighted by atomic mass is 9.64. The van der Waals surface area contributed by atoms with Crippen molar-refractivity contribution in [2.24, 2.45) is 5.41 Å². The zero-order chi connectivity index (χ0) is 12.6. The number of carbonyl (C=O) groups excluding carboxylic acids is 1. The molecule has 1 saturated carbocycles. The highest BCUT2D eigenvalue weighted by Crippen LogP contribution is 2.40. The first kappa shape index (κ1) is 11.9. The zero-order valence-corrected chi connectivity index (χ0v) is 10.1. The fourth-order valence-electron chi connectivity index (χ4n) is 2.07. The third kappa shape index (κ3) is 2.13. The topological polar surface area (TPSA) is 75.3 Å². The van der Waals surface area contributed by atoms with Crippen molar-refractivity contribution in [2.45, 2.75) is 32.4 Å². The Hall–Kier alpha value is -1.55. The molecule has 0 heterocycles. The molecule has 0 radical (unpaired) electrons. The molecule has 17 heavy (non-hydrogen) atoms. The summed E-state index contributed by atoms with van der Waals surface area (Å²) in [7, 11) is 0. The summed E-state index contributed by atoms with van der Waals surface area (Å²) in [5.74, 6) is -0.137. The summed E-state index contributed by atoms with van der Waals surface area (Å²) in [6.45, 7) is 3.90.